The normalized spacial score (nSPS) is 14.9. The lowest BCUT2D eigenvalue weighted by molar-refractivity contribution is 0.0953. The van der Waals surface area contributed by atoms with E-state index in [1.54, 1.807) is 0 Å². The Morgan fingerprint density at radius 3 is 2.68 bits per heavy atom. The van der Waals surface area contributed by atoms with Crippen LogP contribution in [-0.4, -0.2) is 11.9 Å². The number of para-hydroxylation sites is 1. The molecule has 0 spiro atoms. The van der Waals surface area contributed by atoms with Crippen molar-refractivity contribution in [2.75, 3.05) is 0 Å². The fourth-order valence-corrected chi connectivity index (χ4v) is 2.45. The van der Waals surface area contributed by atoms with Crippen LogP contribution in [0.5, 0.6) is 0 Å². The molecule has 1 N–H and O–H groups in total. The van der Waals surface area contributed by atoms with Gasteiger partial charge in [0.2, 0.25) is 0 Å². The zero-order valence-electron chi connectivity index (χ0n) is 10.3. The minimum absolute atomic E-state index is 0.000321. The molecule has 0 radical (unpaired) electrons. The molecule has 19 heavy (non-hydrogen) atoms. The number of rotatable bonds is 2. The van der Waals surface area contributed by atoms with Gasteiger partial charge in [0.1, 0.15) is 11.2 Å². The predicted molar refractivity (Wildman–Crippen MR) is 74.2 cm³/mol. The largest absolute Gasteiger partial charge is 0.456 e. The van der Waals surface area contributed by atoms with Crippen LogP contribution in [0.2, 0.25) is 0 Å². The van der Waals surface area contributed by atoms with Crippen LogP contribution in [0.15, 0.2) is 46.9 Å². The molecule has 1 saturated carbocycles. The highest BCUT2D eigenvalue weighted by molar-refractivity contribution is 6.16. The molecule has 3 nitrogen and oxygen atoms in total. The molecular formula is C16H13NO2. The lowest BCUT2D eigenvalue weighted by Gasteiger charge is -2.04. The molecule has 1 aliphatic rings. The maximum Gasteiger partial charge on any atom is 0.252 e. The summed E-state index contributed by atoms with van der Waals surface area (Å²) in [6, 6.07) is 13.8. The van der Waals surface area contributed by atoms with Gasteiger partial charge in [0.05, 0.1) is 5.56 Å². The Labute approximate surface area is 110 Å². The summed E-state index contributed by atoms with van der Waals surface area (Å²) in [5, 5.41) is 4.95. The number of amides is 1. The summed E-state index contributed by atoms with van der Waals surface area (Å²) >= 11 is 0. The summed E-state index contributed by atoms with van der Waals surface area (Å²) in [7, 11) is 0. The molecule has 0 saturated heterocycles. The van der Waals surface area contributed by atoms with Gasteiger partial charge in [-0.25, -0.2) is 0 Å². The fraction of sp³-hybridized carbons (Fsp3) is 0.188. The first-order valence-corrected chi connectivity index (χ1v) is 6.54. The number of fused-ring (bicyclic) bond motifs is 3. The van der Waals surface area contributed by atoms with E-state index in [-0.39, 0.29) is 5.91 Å². The van der Waals surface area contributed by atoms with Crippen molar-refractivity contribution < 1.29 is 9.21 Å². The number of nitrogens with one attached hydrogen (secondary N) is 1. The average Bonchev–Trinajstić information content (AvgIpc) is 3.16. The molecule has 94 valence electrons. The third-order valence-electron chi connectivity index (χ3n) is 3.56. The first kappa shape index (κ1) is 10.6. The minimum atomic E-state index is -0.000321. The standard InChI is InChI=1S/C16H13NO2/c18-16(17-10-8-9-10)12-5-3-7-14-15(12)11-4-1-2-6-13(11)19-14/h1-7,10H,8-9H2,(H,17,18). The van der Waals surface area contributed by atoms with E-state index in [1.807, 2.05) is 42.5 Å². The van der Waals surface area contributed by atoms with Crippen LogP contribution in [0.4, 0.5) is 0 Å². The molecule has 0 bridgehead atoms. The average molecular weight is 251 g/mol. The maximum atomic E-state index is 12.3. The van der Waals surface area contributed by atoms with E-state index < -0.39 is 0 Å². The van der Waals surface area contributed by atoms with Crippen LogP contribution in [0.1, 0.15) is 23.2 Å². The Balaban J connectivity index is 1.95. The summed E-state index contributed by atoms with van der Waals surface area (Å²) in [5.74, 6) is -0.000321. The third-order valence-corrected chi connectivity index (χ3v) is 3.56. The molecule has 1 aliphatic carbocycles. The molecule has 3 heteroatoms. The lowest BCUT2D eigenvalue weighted by Crippen LogP contribution is -2.25. The molecular weight excluding hydrogens is 238 g/mol. The predicted octanol–water partition coefficient (Wildman–Crippen LogP) is 3.48. The Kier molecular flexibility index (Phi) is 2.15. The third kappa shape index (κ3) is 1.70. The van der Waals surface area contributed by atoms with Gasteiger partial charge < -0.3 is 9.73 Å². The van der Waals surface area contributed by atoms with Gasteiger partial charge in [0, 0.05) is 16.8 Å². The summed E-state index contributed by atoms with van der Waals surface area (Å²) in [6.45, 7) is 0. The Morgan fingerprint density at radius 2 is 1.84 bits per heavy atom. The van der Waals surface area contributed by atoms with Crippen molar-refractivity contribution in [1.29, 1.82) is 0 Å². The number of hydrogen-bond acceptors (Lipinski definition) is 2. The minimum Gasteiger partial charge on any atom is -0.456 e. The van der Waals surface area contributed by atoms with Crippen molar-refractivity contribution in [3.05, 3.63) is 48.0 Å². The fourth-order valence-electron chi connectivity index (χ4n) is 2.45. The van der Waals surface area contributed by atoms with E-state index in [4.69, 9.17) is 4.42 Å². The number of carbonyl (C=O) groups is 1. The number of benzene rings is 2. The molecule has 0 aliphatic heterocycles. The molecule has 1 fully saturated rings. The quantitative estimate of drug-likeness (QED) is 0.757. The zero-order chi connectivity index (χ0) is 12.8. The van der Waals surface area contributed by atoms with Gasteiger partial charge in [-0.1, -0.05) is 24.3 Å². The van der Waals surface area contributed by atoms with Crippen molar-refractivity contribution in [3.63, 3.8) is 0 Å². The van der Waals surface area contributed by atoms with Crippen LogP contribution in [0.25, 0.3) is 21.9 Å². The van der Waals surface area contributed by atoms with E-state index in [0.717, 1.165) is 34.8 Å². The van der Waals surface area contributed by atoms with Crippen LogP contribution in [0.3, 0.4) is 0 Å². The molecule has 0 unspecified atom stereocenters. The monoisotopic (exact) mass is 251 g/mol. The molecule has 4 rings (SSSR count). The first-order valence-electron chi connectivity index (χ1n) is 6.54. The van der Waals surface area contributed by atoms with Crippen LogP contribution in [-0.2, 0) is 0 Å². The second-order valence-corrected chi connectivity index (χ2v) is 5.02. The first-order chi connectivity index (χ1) is 9.33. The van der Waals surface area contributed by atoms with E-state index in [0.29, 0.717) is 11.6 Å². The van der Waals surface area contributed by atoms with Crippen molar-refractivity contribution in [1.82, 2.24) is 5.32 Å². The zero-order valence-corrected chi connectivity index (χ0v) is 10.3. The van der Waals surface area contributed by atoms with Crippen molar-refractivity contribution >= 4 is 27.8 Å². The van der Waals surface area contributed by atoms with Crippen molar-refractivity contribution in [3.8, 4) is 0 Å². The van der Waals surface area contributed by atoms with E-state index in [1.165, 1.54) is 0 Å². The van der Waals surface area contributed by atoms with Gasteiger partial charge >= 0.3 is 0 Å². The smallest absolute Gasteiger partial charge is 0.252 e. The van der Waals surface area contributed by atoms with Crippen LogP contribution in [0, 0.1) is 0 Å². The summed E-state index contributed by atoms with van der Waals surface area (Å²) < 4.78 is 5.78. The summed E-state index contributed by atoms with van der Waals surface area (Å²) in [4.78, 5) is 12.3. The second kappa shape index (κ2) is 3.85. The van der Waals surface area contributed by atoms with Crippen LogP contribution >= 0.6 is 0 Å². The molecule has 3 aromatic rings. The van der Waals surface area contributed by atoms with Crippen LogP contribution < -0.4 is 5.32 Å². The van der Waals surface area contributed by atoms with Crippen molar-refractivity contribution in [2.45, 2.75) is 18.9 Å². The lowest BCUT2D eigenvalue weighted by atomic mass is 10.1. The Morgan fingerprint density at radius 1 is 1.05 bits per heavy atom. The SMILES string of the molecule is O=C(NC1CC1)c1cccc2oc3ccccc3c12. The van der Waals surface area contributed by atoms with E-state index >= 15 is 0 Å². The molecule has 1 aromatic heterocycles. The van der Waals surface area contributed by atoms with E-state index in [2.05, 4.69) is 5.32 Å². The van der Waals surface area contributed by atoms with E-state index in [9.17, 15) is 4.79 Å². The molecule has 1 heterocycles. The molecule has 1 amide bonds. The number of hydrogen-bond donors (Lipinski definition) is 1. The Hall–Kier alpha value is -2.29. The summed E-state index contributed by atoms with van der Waals surface area (Å²) in [6.07, 6.45) is 2.18. The van der Waals surface area contributed by atoms with Gasteiger partial charge in [0.15, 0.2) is 0 Å². The second-order valence-electron chi connectivity index (χ2n) is 5.02. The summed E-state index contributed by atoms with van der Waals surface area (Å²) in [5.41, 5.74) is 2.29. The van der Waals surface area contributed by atoms with Gasteiger partial charge in [-0.3, -0.25) is 4.79 Å². The highest BCUT2D eigenvalue weighted by Gasteiger charge is 2.25. The maximum absolute atomic E-state index is 12.3. The molecule has 2 aromatic carbocycles. The van der Waals surface area contributed by atoms with Gasteiger partial charge in [-0.05, 0) is 31.0 Å². The topological polar surface area (TPSA) is 42.2 Å². The van der Waals surface area contributed by atoms with Gasteiger partial charge in [-0.15, -0.1) is 0 Å². The highest BCUT2D eigenvalue weighted by atomic mass is 16.3. The van der Waals surface area contributed by atoms with Crippen molar-refractivity contribution in [2.24, 2.45) is 0 Å². The number of carbonyl (C=O) groups excluding carboxylic acids is 1. The van der Waals surface area contributed by atoms with Gasteiger partial charge in [0.25, 0.3) is 5.91 Å². The van der Waals surface area contributed by atoms with Gasteiger partial charge in [-0.2, -0.15) is 0 Å². The Bertz CT molecular complexity index is 784. The number of furan rings is 1. The highest BCUT2D eigenvalue weighted by Crippen LogP contribution is 2.31. The molecule has 0 atom stereocenters.